The third-order valence-corrected chi connectivity index (χ3v) is 4.93. The first-order valence-electron chi connectivity index (χ1n) is 8.14. The molecule has 0 aliphatic heterocycles. The number of nitrogens with one attached hydrogen (secondary N) is 1. The van der Waals surface area contributed by atoms with Crippen LogP contribution in [-0.2, 0) is 4.74 Å². The third-order valence-electron chi connectivity index (χ3n) is 3.78. The summed E-state index contributed by atoms with van der Waals surface area (Å²) in [6.07, 6.45) is 0. The van der Waals surface area contributed by atoms with Crippen LogP contribution in [0.5, 0.6) is 5.75 Å². The number of carbonyl (C=O) groups excluding carboxylic acids is 2. The fourth-order valence-electron chi connectivity index (χ4n) is 2.49. The van der Waals surface area contributed by atoms with Crippen LogP contribution in [0.4, 0.5) is 5.00 Å². The van der Waals surface area contributed by atoms with E-state index in [1.165, 1.54) is 35.6 Å². The third kappa shape index (κ3) is 4.30. The Bertz CT molecular complexity index is 965. The Labute approximate surface area is 165 Å². The molecule has 0 atom stereocenters. The lowest BCUT2D eigenvalue weighted by molar-refractivity contribution is 0.0529. The molecule has 5 nitrogen and oxygen atoms in total. The first-order valence-corrected chi connectivity index (χ1v) is 9.40. The van der Waals surface area contributed by atoms with Crippen LogP contribution in [0.25, 0.3) is 11.1 Å². The average molecular weight is 402 g/mol. The number of phenolic OH excluding ortho intramolecular Hbond substituents is 1. The van der Waals surface area contributed by atoms with E-state index in [4.69, 9.17) is 16.3 Å². The van der Waals surface area contributed by atoms with Gasteiger partial charge in [0.2, 0.25) is 0 Å². The van der Waals surface area contributed by atoms with Crippen molar-refractivity contribution in [2.75, 3.05) is 11.9 Å². The summed E-state index contributed by atoms with van der Waals surface area (Å²) in [5.74, 6) is -0.824. The van der Waals surface area contributed by atoms with Crippen molar-refractivity contribution in [3.63, 3.8) is 0 Å². The van der Waals surface area contributed by atoms with Crippen LogP contribution in [-0.4, -0.2) is 23.6 Å². The molecule has 0 radical (unpaired) electrons. The van der Waals surface area contributed by atoms with Gasteiger partial charge in [0.05, 0.1) is 6.61 Å². The number of thiophene rings is 1. The van der Waals surface area contributed by atoms with Crippen LogP contribution in [0.1, 0.15) is 27.6 Å². The van der Waals surface area contributed by atoms with Gasteiger partial charge in [-0.05, 0) is 48.9 Å². The molecule has 0 aliphatic rings. The van der Waals surface area contributed by atoms with Crippen LogP contribution in [0.2, 0.25) is 5.02 Å². The van der Waals surface area contributed by atoms with E-state index >= 15 is 0 Å². The highest BCUT2D eigenvalue weighted by atomic mass is 35.5. The first kappa shape index (κ1) is 18.9. The molecular formula is C20H16ClNO4S. The zero-order chi connectivity index (χ0) is 19.4. The number of esters is 1. The molecular weight excluding hydrogens is 386 g/mol. The second-order valence-electron chi connectivity index (χ2n) is 5.58. The minimum Gasteiger partial charge on any atom is -0.508 e. The van der Waals surface area contributed by atoms with Gasteiger partial charge in [0.25, 0.3) is 5.91 Å². The van der Waals surface area contributed by atoms with E-state index in [-0.39, 0.29) is 18.3 Å². The van der Waals surface area contributed by atoms with Gasteiger partial charge >= 0.3 is 5.97 Å². The molecule has 3 rings (SSSR count). The number of ether oxygens (including phenoxy) is 1. The number of rotatable bonds is 5. The second-order valence-corrected chi connectivity index (χ2v) is 6.90. The van der Waals surface area contributed by atoms with E-state index < -0.39 is 5.97 Å². The molecule has 7 heteroatoms. The Morgan fingerprint density at radius 3 is 2.41 bits per heavy atom. The lowest BCUT2D eigenvalue weighted by Gasteiger charge is -2.09. The van der Waals surface area contributed by atoms with Crippen LogP contribution < -0.4 is 5.32 Å². The standard InChI is InChI=1S/C20H16ClNO4S/c1-2-26-20(25)17-16(12-3-7-14(21)8-4-12)11-27-19(17)22-18(24)13-5-9-15(23)10-6-13/h3-11,23H,2H2,1H3,(H,22,24). The molecule has 0 saturated heterocycles. The molecule has 0 fully saturated rings. The quantitative estimate of drug-likeness (QED) is 0.576. The topological polar surface area (TPSA) is 75.6 Å². The van der Waals surface area contributed by atoms with Crippen molar-refractivity contribution in [3.05, 3.63) is 70.1 Å². The van der Waals surface area contributed by atoms with Crippen molar-refractivity contribution in [1.29, 1.82) is 0 Å². The number of amides is 1. The van der Waals surface area contributed by atoms with Gasteiger partial charge in [-0.1, -0.05) is 23.7 Å². The van der Waals surface area contributed by atoms with E-state index in [1.807, 2.05) is 0 Å². The van der Waals surface area contributed by atoms with E-state index in [1.54, 1.807) is 36.6 Å². The number of halogens is 1. The van der Waals surface area contributed by atoms with Gasteiger partial charge in [0.15, 0.2) is 0 Å². The van der Waals surface area contributed by atoms with Gasteiger partial charge in [-0.25, -0.2) is 4.79 Å². The normalized spacial score (nSPS) is 10.4. The van der Waals surface area contributed by atoms with E-state index in [2.05, 4.69) is 5.32 Å². The zero-order valence-electron chi connectivity index (χ0n) is 14.4. The summed E-state index contributed by atoms with van der Waals surface area (Å²) >= 11 is 7.18. The molecule has 1 amide bonds. The SMILES string of the molecule is CCOC(=O)c1c(-c2ccc(Cl)cc2)csc1NC(=O)c1ccc(O)cc1. The fraction of sp³-hybridized carbons (Fsp3) is 0.100. The Kier molecular flexibility index (Phi) is 5.78. The molecule has 0 unspecified atom stereocenters. The van der Waals surface area contributed by atoms with Crippen molar-refractivity contribution >= 4 is 39.8 Å². The predicted molar refractivity (Wildman–Crippen MR) is 107 cm³/mol. The molecule has 0 bridgehead atoms. The highest BCUT2D eigenvalue weighted by Crippen LogP contribution is 2.37. The number of benzene rings is 2. The van der Waals surface area contributed by atoms with Crippen molar-refractivity contribution < 1.29 is 19.4 Å². The highest BCUT2D eigenvalue weighted by Gasteiger charge is 2.23. The molecule has 1 heterocycles. The maximum Gasteiger partial charge on any atom is 0.341 e. The average Bonchev–Trinajstić information content (AvgIpc) is 3.06. The molecule has 2 aromatic carbocycles. The second kappa shape index (κ2) is 8.24. The lowest BCUT2D eigenvalue weighted by atomic mass is 10.0. The van der Waals surface area contributed by atoms with Crippen molar-refractivity contribution in [2.24, 2.45) is 0 Å². The van der Waals surface area contributed by atoms with E-state index in [9.17, 15) is 14.7 Å². The summed E-state index contributed by atoms with van der Waals surface area (Å²) in [5, 5.41) is 14.9. The first-order chi connectivity index (χ1) is 13.0. The summed E-state index contributed by atoms with van der Waals surface area (Å²) in [7, 11) is 0. The Hall–Kier alpha value is -2.83. The molecule has 1 aromatic heterocycles. The molecule has 138 valence electrons. The summed E-state index contributed by atoms with van der Waals surface area (Å²) in [4.78, 5) is 25.0. The maximum atomic E-state index is 12.5. The number of phenols is 1. The monoisotopic (exact) mass is 401 g/mol. The Morgan fingerprint density at radius 2 is 1.78 bits per heavy atom. The van der Waals surface area contributed by atoms with Gasteiger partial charge in [-0.2, -0.15) is 0 Å². The molecule has 27 heavy (non-hydrogen) atoms. The van der Waals surface area contributed by atoms with Gasteiger partial charge in [0, 0.05) is 21.5 Å². The van der Waals surface area contributed by atoms with Crippen LogP contribution in [0, 0.1) is 0 Å². The van der Waals surface area contributed by atoms with Crippen molar-refractivity contribution in [3.8, 4) is 16.9 Å². The van der Waals surface area contributed by atoms with Crippen molar-refractivity contribution in [1.82, 2.24) is 0 Å². The maximum absolute atomic E-state index is 12.5. The van der Waals surface area contributed by atoms with E-state index in [0.29, 0.717) is 26.7 Å². The minimum absolute atomic E-state index is 0.0694. The summed E-state index contributed by atoms with van der Waals surface area (Å²) in [6.45, 7) is 1.95. The summed E-state index contributed by atoms with van der Waals surface area (Å²) < 4.78 is 5.17. The van der Waals surface area contributed by atoms with Crippen LogP contribution >= 0.6 is 22.9 Å². The molecule has 0 saturated carbocycles. The fourth-order valence-corrected chi connectivity index (χ4v) is 3.56. The van der Waals surface area contributed by atoms with Crippen LogP contribution in [0.15, 0.2) is 53.9 Å². The minimum atomic E-state index is -0.510. The lowest BCUT2D eigenvalue weighted by Crippen LogP contribution is -2.14. The Morgan fingerprint density at radius 1 is 1.11 bits per heavy atom. The van der Waals surface area contributed by atoms with Crippen molar-refractivity contribution in [2.45, 2.75) is 6.92 Å². The van der Waals surface area contributed by atoms with Gasteiger partial charge in [-0.3, -0.25) is 4.79 Å². The predicted octanol–water partition coefficient (Wildman–Crippen LogP) is 5.20. The molecule has 3 aromatic rings. The van der Waals surface area contributed by atoms with E-state index in [0.717, 1.165) is 5.56 Å². The summed E-state index contributed by atoms with van der Waals surface area (Å²) in [5.41, 5.74) is 2.13. The molecule has 0 spiro atoms. The molecule has 0 aliphatic carbocycles. The van der Waals surface area contributed by atoms with Gasteiger partial charge in [0.1, 0.15) is 16.3 Å². The van der Waals surface area contributed by atoms with Crippen LogP contribution in [0.3, 0.4) is 0 Å². The number of hydrogen-bond acceptors (Lipinski definition) is 5. The number of carbonyl (C=O) groups is 2. The van der Waals surface area contributed by atoms with Gasteiger partial charge < -0.3 is 15.2 Å². The Balaban J connectivity index is 1.97. The number of anilines is 1. The number of aromatic hydroxyl groups is 1. The number of hydrogen-bond donors (Lipinski definition) is 2. The molecule has 2 N–H and O–H groups in total. The summed E-state index contributed by atoms with van der Waals surface area (Å²) in [6, 6.07) is 12.9. The smallest absolute Gasteiger partial charge is 0.341 e. The highest BCUT2D eigenvalue weighted by molar-refractivity contribution is 7.15. The largest absolute Gasteiger partial charge is 0.508 e. The zero-order valence-corrected chi connectivity index (χ0v) is 15.9. The van der Waals surface area contributed by atoms with Gasteiger partial charge in [-0.15, -0.1) is 11.3 Å².